The van der Waals surface area contributed by atoms with Gasteiger partial charge in [-0.25, -0.2) is 4.98 Å². The number of likely N-dealkylation sites (tertiary alicyclic amines) is 1. The molecule has 1 aromatic carbocycles. The number of nitrogens with zero attached hydrogens (tertiary/aromatic N) is 2. The number of piperidine rings is 1. The minimum atomic E-state index is -0.0541. The second kappa shape index (κ2) is 9.73. The summed E-state index contributed by atoms with van der Waals surface area (Å²) in [6.45, 7) is 3.70. The van der Waals surface area contributed by atoms with Crippen molar-refractivity contribution in [2.24, 2.45) is 5.92 Å². The van der Waals surface area contributed by atoms with Crippen LogP contribution in [0.25, 0.3) is 0 Å². The second-order valence-electron chi connectivity index (χ2n) is 7.04. The molecule has 1 aliphatic heterocycles. The van der Waals surface area contributed by atoms with E-state index in [-0.39, 0.29) is 17.7 Å². The molecule has 0 spiro atoms. The first kappa shape index (κ1) is 21.1. The van der Waals surface area contributed by atoms with E-state index < -0.39 is 0 Å². The Morgan fingerprint density at radius 3 is 2.55 bits per heavy atom. The molecule has 3 rings (SSSR count). The Bertz CT molecular complexity index is 859. The largest absolute Gasteiger partial charge is 0.493 e. The fraction of sp³-hybridized carbons (Fsp3) is 0.476. The first-order chi connectivity index (χ1) is 14.0. The highest BCUT2D eigenvalue weighted by Crippen LogP contribution is 2.29. The third-order valence-electron chi connectivity index (χ3n) is 5.13. The lowest BCUT2D eigenvalue weighted by Crippen LogP contribution is -2.43. The average Bonchev–Trinajstić information content (AvgIpc) is 3.17. The summed E-state index contributed by atoms with van der Waals surface area (Å²) >= 11 is 1.62. The summed E-state index contributed by atoms with van der Waals surface area (Å²) in [7, 11) is 3.11. The number of methoxy groups -OCH3 is 2. The zero-order valence-electron chi connectivity index (χ0n) is 17.1. The molecule has 2 heterocycles. The Morgan fingerprint density at radius 1 is 1.21 bits per heavy atom. The summed E-state index contributed by atoms with van der Waals surface area (Å²) < 4.78 is 10.5. The number of aromatic nitrogens is 1. The lowest BCUT2D eigenvalue weighted by Gasteiger charge is -2.31. The Balaban J connectivity index is 1.48. The summed E-state index contributed by atoms with van der Waals surface area (Å²) in [5.74, 6) is 1.08. The number of nitrogens with one attached hydrogen (secondary N) is 1. The van der Waals surface area contributed by atoms with Crippen LogP contribution in [0.1, 0.15) is 33.9 Å². The predicted octanol–water partition coefficient (Wildman–Crippen LogP) is 2.68. The van der Waals surface area contributed by atoms with Gasteiger partial charge in [-0.3, -0.25) is 9.59 Å². The highest BCUT2D eigenvalue weighted by Gasteiger charge is 2.28. The van der Waals surface area contributed by atoms with E-state index in [0.29, 0.717) is 49.5 Å². The third-order valence-corrected chi connectivity index (χ3v) is 5.95. The molecule has 0 unspecified atom stereocenters. The highest BCUT2D eigenvalue weighted by molar-refractivity contribution is 7.09. The maximum absolute atomic E-state index is 12.8. The van der Waals surface area contributed by atoms with Gasteiger partial charge in [-0.05, 0) is 38.0 Å². The smallest absolute Gasteiger partial charge is 0.253 e. The van der Waals surface area contributed by atoms with Gasteiger partial charge in [0.1, 0.15) is 0 Å². The lowest BCUT2D eigenvalue weighted by atomic mass is 9.95. The summed E-state index contributed by atoms with van der Waals surface area (Å²) in [6, 6.07) is 5.17. The van der Waals surface area contributed by atoms with Gasteiger partial charge in [-0.15, -0.1) is 11.3 Å². The van der Waals surface area contributed by atoms with E-state index >= 15 is 0 Å². The molecular formula is C21H27N3O4S. The van der Waals surface area contributed by atoms with Crippen molar-refractivity contribution in [1.82, 2.24) is 15.2 Å². The molecule has 1 fully saturated rings. The summed E-state index contributed by atoms with van der Waals surface area (Å²) in [5.41, 5.74) is 1.58. The Labute approximate surface area is 175 Å². The van der Waals surface area contributed by atoms with Crippen LogP contribution >= 0.6 is 11.3 Å². The predicted molar refractivity (Wildman–Crippen MR) is 112 cm³/mol. The number of hydrogen-bond donors (Lipinski definition) is 1. The maximum Gasteiger partial charge on any atom is 0.253 e. The first-order valence-electron chi connectivity index (χ1n) is 9.72. The number of carbonyl (C=O) groups is 2. The van der Waals surface area contributed by atoms with E-state index in [9.17, 15) is 9.59 Å². The molecule has 0 aliphatic carbocycles. The molecule has 0 atom stereocenters. The number of aryl methyl sites for hydroxylation is 1. The number of rotatable bonds is 7. The van der Waals surface area contributed by atoms with Crippen molar-refractivity contribution in [1.29, 1.82) is 0 Å². The summed E-state index contributed by atoms with van der Waals surface area (Å²) in [5, 5.41) is 6.07. The maximum atomic E-state index is 12.8. The van der Waals surface area contributed by atoms with Gasteiger partial charge >= 0.3 is 0 Å². The van der Waals surface area contributed by atoms with Gasteiger partial charge in [0.05, 0.1) is 24.9 Å². The van der Waals surface area contributed by atoms with E-state index in [0.717, 1.165) is 17.1 Å². The molecule has 29 heavy (non-hydrogen) atoms. The van der Waals surface area contributed by atoms with E-state index in [1.165, 1.54) is 0 Å². The van der Waals surface area contributed by atoms with Gasteiger partial charge in [0.2, 0.25) is 5.91 Å². The van der Waals surface area contributed by atoms with Crippen molar-refractivity contribution in [3.8, 4) is 11.5 Å². The van der Waals surface area contributed by atoms with Crippen molar-refractivity contribution < 1.29 is 19.1 Å². The lowest BCUT2D eigenvalue weighted by molar-refractivity contribution is -0.126. The van der Waals surface area contributed by atoms with Crippen molar-refractivity contribution in [3.63, 3.8) is 0 Å². The molecule has 2 aromatic rings. The number of ether oxygens (including phenoxy) is 2. The average molecular weight is 418 g/mol. The van der Waals surface area contributed by atoms with Crippen LogP contribution in [-0.2, 0) is 11.2 Å². The Morgan fingerprint density at radius 2 is 1.93 bits per heavy atom. The van der Waals surface area contributed by atoms with E-state index in [1.54, 1.807) is 48.7 Å². The topological polar surface area (TPSA) is 80.8 Å². The minimum absolute atomic E-state index is 0.0521. The number of carbonyl (C=O) groups excluding carboxylic acids is 2. The molecule has 0 radical (unpaired) electrons. The van der Waals surface area contributed by atoms with Crippen molar-refractivity contribution >= 4 is 23.2 Å². The fourth-order valence-electron chi connectivity index (χ4n) is 3.48. The quantitative estimate of drug-likeness (QED) is 0.749. The zero-order valence-corrected chi connectivity index (χ0v) is 17.9. The van der Waals surface area contributed by atoms with Crippen LogP contribution in [0.4, 0.5) is 0 Å². The SMILES string of the molecule is COc1ccc(C(=O)N2CCC(C(=O)NCCc3csc(C)n3)CC2)cc1OC. The van der Waals surface area contributed by atoms with Gasteiger partial charge in [-0.1, -0.05) is 0 Å². The monoisotopic (exact) mass is 417 g/mol. The van der Waals surface area contributed by atoms with Crippen molar-refractivity contribution in [2.45, 2.75) is 26.2 Å². The minimum Gasteiger partial charge on any atom is -0.493 e. The number of hydrogen-bond acceptors (Lipinski definition) is 6. The highest BCUT2D eigenvalue weighted by atomic mass is 32.1. The molecule has 1 aliphatic rings. The van der Waals surface area contributed by atoms with Gasteiger partial charge in [0.25, 0.3) is 5.91 Å². The van der Waals surface area contributed by atoms with E-state index in [2.05, 4.69) is 10.3 Å². The standard InChI is InChI=1S/C21H27N3O4S/c1-14-23-17(13-29-14)6-9-22-20(25)15-7-10-24(11-8-15)21(26)16-4-5-18(27-2)19(12-16)28-3/h4-5,12-13,15H,6-11H2,1-3H3,(H,22,25). The van der Waals surface area contributed by atoms with Crippen LogP contribution in [0.3, 0.4) is 0 Å². The van der Waals surface area contributed by atoms with Gasteiger partial charge in [-0.2, -0.15) is 0 Å². The molecule has 1 saturated heterocycles. The van der Waals surface area contributed by atoms with Crippen LogP contribution in [0.15, 0.2) is 23.6 Å². The molecular weight excluding hydrogens is 390 g/mol. The second-order valence-corrected chi connectivity index (χ2v) is 8.10. The number of benzene rings is 1. The van der Waals surface area contributed by atoms with Crippen LogP contribution in [-0.4, -0.2) is 55.6 Å². The Kier molecular flexibility index (Phi) is 7.09. The molecule has 1 aromatic heterocycles. The van der Waals surface area contributed by atoms with Gasteiger partial charge < -0.3 is 19.7 Å². The molecule has 1 N–H and O–H groups in total. The molecule has 7 nitrogen and oxygen atoms in total. The van der Waals surface area contributed by atoms with Gasteiger partial charge in [0, 0.05) is 42.9 Å². The molecule has 0 bridgehead atoms. The van der Waals surface area contributed by atoms with Gasteiger partial charge in [0.15, 0.2) is 11.5 Å². The fourth-order valence-corrected chi connectivity index (χ4v) is 4.12. The van der Waals surface area contributed by atoms with Crippen LogP contribution in [0.5, 0.6) is 11.5 Å². The summed E-state index contributed by atoms with van der Waals surface area (Å²) in [4.78, 5) is 31.4. The Hall–Kier alpha value is -2.61. The van der Waals surface area contributed by atoms with Crippen molar-refractivity contribution in [3.05, 3.63) is 39.8 Å². The van der Waals surface area contributed by atoms with Crippen LogP contribution < -0.4 is 14.8 Å². The zero-order chi connectivity index (χ0) is 20.8. The molecule has 0 saturated carbocycles. The summed E-state index contributed by atoms with van der Waals surface area (Å²) in [6.07, 6.45) is 2.08. The number of thiazole rings is 1. The van der Waals surface area contributed by atoms with Crippen molar-refractivity contribution in [2.75, 3.05) is 33.9 Å². The number of amides is 2. The first-order valence-corrected chi connectivity index (χ1v) is 10.6. The molecule has 8 heteroatoms. The van der Waals surface area contributed by atoms with E-state index in [4.69, 9.17) is 9.47 Å². The molecule has 156 valence electrons. The van der Waals surface area contributed by atoms with E-state index in [1.807, 2.05) is 12.3 Å². The normalized spacial score (nSPS) is 14.5. The third kappa shape index (κ3) is 5.26. The molecule has 2 amide bonds. The van der Waals surface area contributed by atoms with Crippen LogP contribution in [0, 0.1) is 12.8 Å². The van der Waals surface area contributed by atoms with Crippen LogP contribution in [0.2, 0.25) is 0 Å².